The van der Waals surface area contributed by atoms with E-state index in [1.165, 1.54) is 11.1 Å². The number of aliphatic hydroxyl groups is 1. The van der Waals surface area contributed by atoms with Crippen LogP contribution in [0, 0.1) is 28.6 Å². The quantitative estimate of drug-likeness (QED) is 0.853. The second-order valence-corrected chi connectivity index (χ2v) is 8.48. The number of hydrogen-bond donors (Lipinski definition) is 2. The Morgan fingerprint density at radius 1 is 1.25 bits per heavy atom. The normalized spacial score (nSPS) is 40.3. The van der Waals surface area contributed by atoms with Crippen molar-refractivity contribution in [3.05, 3.63) is 29.3 Å². The molecule has 3 aliphatic carbocycles. The molecule has 3 heteroatoms. The molecule has 128 valence electrons. The summed E-state index contributed by atoms with van der Waals surface area (Å²) in [6.07, 6.45) is 7.37. The van der Waals surface area contributed by atoms with Gasteiger partial charge < -0.3 is 10.2 Å². The average Bonchev–Trinajstić information content (AvgIpc) is 2.84. The Kier molecular flexibility index (Phi) is 3.65. The first-order chi connectivity index (χ1) is 11.5. The summed E-state index contributed by atoms with van der Waals surface area (Å²) in [6, 6.07) is 8.12. The predicted octanol–water partition coefficient (Wildman–Crippen LogP) is 4.28. The van der Waals surface area contributed by atoms with Gasteiger partial charge in [-0.2, -0.15) is 5.26 Å². The van der Waals surface area contributed by atoms with Gasteiger partial charge in [0, 0.05) is 6.42 Å². The third-order valence-corrected chi connectivity index (χ3v) is 7.68. The highest BCUT2D eigenvalue weighted by Crippen LogP contribution is 2.65. The molecular formula is C21H27NO2. The third-order valence-electron chi connectivity index (χ3n) is 7.68. The van der Waals surface area contributed by atoms with Crippen LogP contribution in [0.25, 0.3) is 0 Å². The second-order valence-electron chi connectivity index (χ2n) is 8.48. The second kappa shape index (κ2) is 5.49. The minimum Gasteiger partial charge on any atom is -0.508 e. The molecule has 5 atom stereocenters. The number of phenolic OH excluding ortho intramolecular Hbond substituents is 1. The van der Waals surface area contributed by atoms with Crippen LogP contribution in [0.4, 0.5) is 0 Å². The summed E-state index contributed by atoms with van der Waals surface area (Å²) in [5.74, 6) is 2.14. The first-order valence-electron chi connectivity index (χ1n) is 9.40. The van der Waals surface area contributed by atoms with Gasteiger partial charge in [-0.25, -0.2) is 0 Å². The molecule has 0 bridgehead atoms. The molecule has 0 saturated heterocycles. The lowest BCUT2D eigenvalue weighted by Crippen LogP contribution is -2.50. The number of nitrogens with zero attached hydrogens (tertiary/aromatic N) is 1. The maximum Gasteiger partial charge on any atom is 0.115 e. The van der Waals surface area contributed by atoms with E-state index in [1.54, 1.807) is 0 Å². The molecule has 0 aliphatic heterocycles. The van der Waals surface area contributed by atoms with Crippen molar-refractivity contribution in [1.82, 2.24) is 0 Å². The maximum absolute atomic E-state index is 11.3. The van der Waals surface area contributed by atoms with Crippen molar-refractivity contribution >= 4 is 0 Å². The SMILES string of the molecule is C[C@]12CC[C@@H]3c4ccc(O)cc4CC[C@H]3[C@@H]1CC[C@@]2(O)CCC#N. The van der Waals surface area contributed by atoms with Crippen molar-refractivity contribution < 1.29 is 10.2 Å². The Hall–Kier alpha value is -1.53. The minimum atomic E-state index is -0.659. The number of phenols is 1. The van der Waals surface area contributed by atoms with Gasteiger partial charge in [0.05, 0.1) is 11.7 Å². The summed E-state index contributed by atoms with van der Waals surface area (Å²) >= 11 is 0. The lowest BCUT2D eigenvalue weighted by atomic mass is 9.53. The number of aromatic hydroxyl groups is 1. The van der Waals surface area contributed by atoms with E-state index in [4.69, 9.17) is 5.26 Å². The molecule has 0 amide bonds. The number of fused-ring (bicyclic) bond motifs is 5. The Labute approximate surface area is 144 Å². The molecular weight excluding hydrogens is 298 g/mol. The van der Waals surface area contributed by atoms with Gasteiger partial charge in [-0.3, -0.25) is 0 Å². The van der Waals surface area contributed by atoms with Gasteiger partial charge in [0.15, 0.2) is 0 Å². The zero-order chi connectivity index (χ0) is 16.9. The van der Waals surface area contributed by atoms with E-state index in [2.05, 4.69) is 19.1 Å². The summed E-state index contributed by atoms with van der Waals surface area (Å²) in [5.41, 5.74) is 2.05. The molecule has 2 saturated carbocycles. The molecule has 3 aliphatic rings. The standard InChI is InChI=1S/C21H27NO2/c1-20-10-7-17-16-6-4-15(23)13-14(16)3-5-18(17)19(20)8-11-21(20,24)9-2-12-22/h4,6,13,17-19,23-24H,2-3,5,7-11H2,1H3/t17-,18-,19+,20+,21+/m1/s1. The Balaban J connectivity index is 1.65. The first-order valence-corrected chi connectivity index (χ1v) is 9.40. The van der Waals surface area contributed by atoms with Crippen molar-refractivity contribution in [2.45, 2.75) is 69.8 Å². The van der Waals surface area contributed by atoms with E-state index in [1.807, 2.05) is 12.1 Å². The van der Waals surface area contributed by atoms with Crippen LogP contribution >= 0.6 is 0 Å². The zero-order valence-corrected chi connectivity index (χ0v) is 14.5. The van der Waals surface area contributed by atoms with E-state index in [-0.39, 0.29) is 5.41 Å². The minimum absolute atomic E-state index is 0.0422. The molecule has 0 radical (unpaired) electrons. The Morgan fingerprint density at radius 2 is 2.08 bits per heavy atom. The molecule has 4 rings (SSSR count). The van der Waals surface area contributed by atoms with Crippen molar-refractivity contribution in [3.63, 3.8) is 0 Å². The van der Waals surface area contributed by atoms with Crippen molar-refractivity contribution in [3.8, 4) is 11.8 Å². The molecule has 0 heterocycles. The van der Waals surface area contributed by atoms with Crippen LogP contribution in [0.1, 0.15) is 68.9 Å². The van der Waals surface area contributed by atoms with Crippen molar-refractivity contribution in [2.24, 2.45) is 17.3 Å². The van der Waals surface area contributed by atoms with Crippen LogP contribution in [0.3, 0.4) is 0 Å². The summed E-state index contributed by atoms with van der Waals surface area (Å²) < 4.78 is 0. The summed E-state index contributed by atoms with van der Waals surface area (Å²) in [6.45, 7) is 2.28. The predicted molar refractivity (Wildman–Crippen MR) is 92.5 cm³/mol. The van der Waals surface area contributed by atoms with Crippen LogP contribution in [-0.2, 0) is 6.42 Å². The molecule has 1 aromatic carbocycles. The number of benzene rings is 1. The summed E-state index contributed by atoms with van der Waals surface area (Å²) in [7, 11) is 0. The van der Waals surface area contributed by atoms with Gasteiger partial charge in [-0.1, -0.05) is 13.0 Å². The van der Waals surface area contributed by atoms with E-state index in [0.29, 0.717) is 36.3 Å². The molecule has 2 fully saturated rings. The van der Waals surface area contributed by atoms with E-state index in [0.717, 1.165) is 38.5 Å². The number of nitriles is 1. The van der Waals surface area contributed by atoms with Crippen LogP contribution in [0.5, 0.6) is 5.75 Å². The van der Waals surface area contributed by atoms with Crippen LogP contribution < -0.4 is 0 Å². The fourth-order valence-corrected chi connectivity index (χ4v) is 6.35. The Morgan fingerprint density at radius 3 is 2.88 bits per heavy atom. The fraction of sp³-hybridized carbons (Fsp3) is 0.667. The highest BCUT2D eigenvalue weighted by Gasteiger charge is 2.60. The molecule has 0 unspecified atom stereocenters. The molecule has 24 heavy (non-hydrogen) atoms. The van der Waals surface area contributed by atoms with Crippen LogP contribution in [0.15, 0.2) is 18.2 Å². The van der Waals surface area contributed by atoms with Crippen LogP contribution in [-0.4, -0.2) is 15.8 Å². The molecule has 2 N–H and O–H groups in total. The van der Waals surface area contributed by atoms with Gasteiger partial charge in [0.25, 0.3) is 0 Å². The maximum atomic E-state index is 11.3. The monoisotopic (exact) mass is 325 g/mol. The number of rotatable bonds is 2. The lowest BCUT2D eigenvalue weighted by molar-refractivity contribution is -0.106. The largest absolute Gasteiger partial charge is 0.508 e. The molecule has 1 aromatic rings. The number of aryl methyl sites for hydroxylation is 1. The first kappa shape index (κ1) is 16.0. The highest BCUT2D eigenvalue weighted by atomic mass is 16.3. The van der Waals surface area contributed by atoms with Gasteiger partial charge in [0.2, 0.25) is 0 Å². The Bertz CT molecular complexity index is 694. The molecule has 0 aromatic heterocycles. The summed E-state index contributed by atoms with van der Waals surface area (Å²) in [5, 5.41) is 30.0. The van der Waals surface area contributed by atoms with E-state index < -0.39 is 5.60 Å². The van der Waals surface area contributed by atoms with Crippen molar-refractivity contribution in [1.29, 1.82) is 5.26 Å². The molecule has 0 spiro atoms. The van der Waals surface area contributed by atoms with Gasteiger partial charge in [-0.05, 0) is 91.4 Å². The van der Waals surface area contributed by atoms with Gasteiger partial charge >= 0.3 is 0 Å². The topological polar surface area (TPSA) is 64.2 Å². The highest BCUT2D eigenvalue weighted by molar-refractivity contribution is 5.40. The van der Waals surface area contributed by atoms with E-state index >= 15 is 0 Å². The van der Waals surface area contributed by atoms with Crippen molar-refractivity contribution in [2.75, 3.05) is 0 Å². The van der Waals surface area contributed by atoms with Gasteiger partial charge in [0.1, 0.15) is 5.75 Å². The smallest absolute Gasteiger partial charge is 0.115 e. The zero-order valence-electron chi connectivity index (χ0n) is 14.5. The summed E-state index contributed by atoms with van der Waals surface area (Å²) in [4.78, 5) is 0. The van der Waals surface area contributed by atoms with Crippen LogP contribution in [0.2, 0.25) is 0 Å². The van der Waals surface area contributed by atoms with E-state index in [9.17, 15) is 10.2 Å². The van der Waals surface area contributed by atoms with Gasteiger partial charge in [-0.15, -0.1) is 0 Å². The third kappa shape index (κ3) is 2.12. The molecule has 3 nitrogen and oxygen atoms in total. The number of hydrogen-bond acceptors (Lipinski definition) is 3. The average molecular weight is 325 g/mol. The fourth-order valence-electron chi connectivity index (χ4n) is 6.35. The lowest BCUT2D eigenvalue weighted by Gasteiger charge is -2.53.